The summed E-state index contributed by atoms with van der Waals surface area (Å²) < 4.78 is 7.21. The van der Waals surface area contributed by atoms with Gasteiger partial charge in [0.15, 0.2) is 0 Å². The first-order chi connectivity index (χ1) is 11.2. The van der Waals surface area contributed by atoms with E-state index in [0.29, 0.717) is 18.7 Å². The highest BCUT2D eigenvalue weighted by Crippen LogP contribution is 2.22. The summed E-state index contributed by atoms with van der Waals surface area (Å²) in [5.41, 5.74) is 0.0666. The lowest BCUT2D eigenvalue weighted by molar-refractivity contribution is -0.122. The molecule has 0 saturated carbocycles. The van der Waals surface area contributed by atoms with Gasteiger partial charge in [-0.2, -0.15) is 5.10 Å². The topological polar surface area (TPSA) is 76.5 Å². The van der Waals surface area contributed by atoms with Crippen molar-refractivity contribution >= 4 is 17.7 Å². The third-order valence-corrected chi connectivity index (χ3v) is 3.83. The van der Waals surface area contributed by atoms with Gasteiger partial charge in [-0.15, -0.1) is 0 Å². The Bertz CT molecular complexity index is 589. The van der Waals surface area contributed by atoms with E-state index in [1.807, 2.05) is 34.6 Å². The molecule has 1 aliphatic rings. The van der Waals surface area contributed by atoms with Crippen LogP contribution in [0.5, 0.6) is 0 Å². The molecular formula is C17H28N4O3. The summed E-state index contributed by atoms with van der Waals surface area (Å²) in [6.45, 7) is 10.0. The van der Waals surface area contributed by atoms with Gasteiger partial charge in [0.2, 0.25) is 5.91 Å². The lowest BCUT2D eigenvalue weighted by atomic mass is 10.0. The normalized spacial score (nSPS) is 18.6. The molecule has 7 nitrogen and oxygen atoms in total. The van der Waals surface area contributed by atoms with Gasteiger partial charge in [-0.25, -0.2) is 4.79 Å². The van der Waals surface area contributed by atoms with Gasteiger partial charge in [-0.3, -0.25) is 14.4 Å². The molecule has 1 saturated heterocycles. The predicted molar refractivity (Wildman–Crippen MR) is 91.8 cm³/mol. The fraction of sp³-hybridized carbons (Fsp3) is 0.706. The van der Waals surface area contributed by atoms with E-state index in [4.69, 9.17) is 4.74 Å². The summed E-state index contributed by atoms with van der Waals surface area (Å²) >= 11 is 0. The minimum absolute atomic E-state index is 0.191. The predicted octanol–water partition coefficient (Wildman–Crippen LogP) is 3.19. The van der Waals surface area contributed by atoms with E-state index < -0.39 is 17.7 Å². The van der Waals surface area contributed by atoms with Gasteiger partial charge in [-0.05, 0) is 53.9 Å². The number of hydrogen-bond acceptors (Lipinski definition) is 4. The van der Waals surface area contributed by atoms with Crippen molar-refractivity contribution in [2.45, 2.75) is 71.6 Å². The first-order valence-electron chi connectivity index (χ1n) is 8.52. The number of piperidine rings is 1. The lowest BCUT2D eigenvalue weighted by Crippen LogP contribution is -2.51. The lowest BCUT2D eigenvalue weighted by Gasteiger charge is -2.35. The molecule has 7 heteroatoms. The van der Waals surface area contributed by atoms with Gasteiger partial charge < -0.3 is 10.1 Å². The van der Waals surface area contributed by atoms with E-state index in [2.05, 4.69) is 10.4 Å². The molecule has 1 atom stereocenters. The number of aromatic nitrogens is 2. The molecule has 1 aliphatic heterocycles. The van der Waals surface area contributed by atoms with E-state index in [-0.39, 0.29) is 11.9 Å². The molecule has 0 radical (unpaired) electrons. The van der Waals surface area contributed by atoms with Crippen LogP contribution in [0.25, 0.3) is 0 Å². The Kier molecular flexibility index (Phi) is 5.51. The van der Waals surface area contributed by atoms with Crippen LogP contribution in [0.15, 0.2) is 12.4 Å². The number of nitrogens with zero attached hydrogens (tertiary/aromatic N) is 3. The minimum atomic E-state index is -0.575. The smallest absolute Gasteiger partial charge is 0.410 e. The van der Waals surface area contributed by atoms with E-state index >= 15 is 0 Å². The molecule has 0 aromatic carbocycles. The standard InChI is InChI=1S/C17H28N4O3/c1-12(2)21-11-13(10-18-21)19-15(22)14-8-6-7-9-20(14)16(23)24-17(3,4)5/h10-12,14H,6-9H2,1-5H3,(H,19,22)/t14-/m1/s1. The van der Waals surface area contributed by atoms with Crippen LogP contribution < -0.4 is 5.32 Å². The summed E-state index contributed by atoms with van der Waals surface area (Å²) in [4.78, 5) is 26.5. The van der Waals surface area contributed by atoms with Crippen LogP contribution in [-0.4, -0.2) is 44.9 Å². The summed E-state index contributed by atoms with van der Waals surface area (Å²) in [5, 5.41) is 7.08. The van der Waals surface area contributed by atoms with Crippen LogP contribution in [0.2, 0.25) is 0 Å². The van der Waals surface area contributed by atoms with Crippen molar-refractivity contribution < 1.29 is 14.3 Å². The van der Waals surface area contributed by atoms with Gasteiger partial charge in [0.25, 0.3) is 0 Å². The molecule has 2 amide bonds. The second-order valence-electron chi connectivity index (χ2n) is 7.48. The molecule has 1 aromatic heterocycles. The van der Waals surface area contributed by atoms with Crippen molar-refractivity contribution in [3.05, 3.63) is 12.4 Å². The van der Waals surface area contributed by atoms with Crippen molar-refractivity contribution in [2.24, 2.45) is 0 Å². The number of amides is 2. The monoisotopic (exact) mass is 336 g/mol. The van der Waals surface area contributed by atoms with Gasteiger partial charge in [-0.1, -0.05) is 0 Å². The maximum atomic E-state index is 12.6. The Morgan fingerprint density at radius 1 is 1.33 bits per heavy atom. The highest BCUT2D eigenvalue weighted by molar-refractivity contribution is 5.96. The highest BCUT2D eigenvalue weighted by atomic mass is 16.6. The molecule has 0 spiro atoms. The number of carbonyl (C=O) groups is 2. The Balaban J connectivity index is 2.05. The number of carbonyl (C=O) groups excluding carboxylic acids is 2. The Labute approximate surface area is 143 Å². The number of hydrogen-bond donors (Lipinski definition) is 1. The third kappa shape index (κ3) is 4.72. The van der Waals surface area contributed by atoms with E-state index in [1.54, 1.807) is 17.1 Å². The van der Waals surface area contributed by atoms with Crippen molar-refractivity contribution in [3.63, 3.8) is 0 Å². The number of ether oxygens (including phenoxy) is 1. The van der Waals surface area contributed by atoms with Gasteiger partial charge in [0.1, 0.15) is 11.6 Å². The molecule has 134 valence electrons. The van der Waals surface area contributed by atoms with Gasteiger partial charge >= 0.3 is 6.09 Å². The zero-order valence-electron chi connectivity index (χ0n) is 15.2. The van der Waals surface area contributed by atoms with Crippen LogP contribution in [-0.2, 0) is 9.53 Å². The fourth-order valence-electron chi connectivity index (χ4n) is 2.65. The second kappa shape index (κ2) is 7.23. The van der Waals surface area contributed by atoms with Crippen LogP contribution in [0, 0.1) is 0 Å². The van der Waals surface area contributed by atoms with Crippen LogP contribution in [0.1, 0.15) is 59.9 Å². The Morgan fingerprint density at radius 2 is 2.04 bits per heavy atom. The molecular weight excluding hydrogens is 308 g/mol. The molecule has 1 fully saturated rings. The largest absolute Gasteiger partial charge is 0.444 e. The number of nitrogens with one attached hydrogen (secondary N) is 1. The van der Waals surface area contributed by atoms with Gasteiger partial charge in [0.05, 0.1) is 11.9 Å². The second-order valence-corrected chi connectivity index (χ2v) is 7.48. The van der Waals surface area contributed by atoms with Crippen molar-refractivity contribution in [1.82, 2.24) is 14.7 Å². The highest BCUT2D eigenvalue weighted by Gasteiger charge is 2.34. The van der Waals surface area contributed by atoms with Gasteiger partial charge in [0, 0.05) is 18.8 Å². The van der Waals surface area contributed by atoms with Crippen molar-refractivity contribution in [3.8, 4) is 0 Å². The summed E-state index contributed by atoms with van der Waals surface area (Å²) in [5.74, 6) is -0.191. The van der Waals surface area contributed by atoms with Crippen LogP contribution in [0.3, 0.4) is 0 Å². The van der Waals surface area contributed by atoms with Crippen molar-refractivity contribution in [2.75, 3.05) is 11.9 Å². The molecule has 0 bridgehead atoms. The molecule has 0 aliphatic carbocycles. The fourth-order valence-corrected chi connectivity index (χ4v) is 2.65. The molecule has 24 heavy (non-hydrogen) atoms. The first-order valence-corrected chi connectivity index (χ1v) is 8.52. The first kappa shape index (κ1) is 18.3. The maximum absolute atomic E-state index is 12.6. The Morgan fingerprint density at radius 3 is 2.62 bits per heavy atom. The summed E-state index contributed by atoms with van der Waals surface area (Å²) in [7, 11) is 0. The molecule has 1 N–H and O–H groups in total. The van der Waals surface area contributed by atoms with Crippen LogP contribution in [0.4, 0.5) is 10.5 Å². The summed E-state index contributed by atoms with van der Waals surface area (Å²) in [6, 6.07) is -0.278. The summed E-state index contributed by atoms with van der Waals surface area (Å²) in [6.07, 6.45) is 5.43. The van der Waals surface area contributed by atoms with Crippen molar-refractivity contribution in [1.29, 1.82) is 0 Å². The number of rotatable bonds is 3. The average molecular weight is 336 g/mol. The molecule has 2 rings (SSSR count). The number of anilines is 1. The zero-order valence-corrected chi connectivity index (χ0v) is 15.2. The van der Waals surface area contributed by atoms with Crippen LogP contribution >= 0.6 is 0 Å². The zero-order chi connectivity index (χ0) is 17.9. The molecule has 2 heterocycles. The average Bonchev–Trinajstić information content (AvgIpc) is 2.94. The van der Waals surface area contributed by atoms with E-state index in [9.17, 15) is 9.59 Å². The number of likely N-dealkylation sites (tertiary alicyclic amines) is 1. The Hall–Kier alpha value is -2.05. The van der Waals surface area contributed by atoms with E-state index in [0.717, 1.165) is 12.8 Å². The molecule has 1 aromatic rings. The SMILES string of the molecule is CC(C)n1cc(NC(=O)[C@H]2CCCCN2C(=O)OC(C)(C)C)cn1. The molecule has 0 unspecified atom stereocenters. The third-order valence-electron chi connectivity index (χ3n) is 3.83. The quantitative estimate of drug-likeness (QED) is 0.919. The van der Waals surface area contributed by atoms with E-state index in [1.165, 1.54) is 4.90 Å². The maximum Gasteiger partial charge on any atom is 0.410 e. The minimum Gasteiger partial charge on any atom is -0.444 e.